The van der Waals surface area contributed by atoms with Gasteiger partial charge in [0.2, 0.25) is 0 Å². The van der Waals surface area contributed by atoms with E-state index in [0.717, 1.165) is 18.7 Å². The fourth-order valence-electron chi connectivity index (χ4n) is 1.60. The summed E-state index contributed by atoms with van der Waals surface area (Å²) < 4.78 is 5.11. The molecule has 0 heterocycles. The number of oxime groups is 1. The third-order valence-electron chi connectivity index (χ3n) is 3.12. The van der Waals surface area contributed by atoms with E-state index in [1.165, 1.54) is 5.56 Å². The highest BCUT2D eigenvalue weighted by molar-refractivity contribution is 5.84. The first kappa shape index (κ1) is 14.3. The highest BCUT2D eigenvalue weighted by atomic mass is 16.5. The van der Waals surface area contributed by atoms with E-state index < -0.39 is 0 Å². The molecule has 0 aliphatic carbocycles. The Labute approximate surface area is 108 Å². The number of rotatable bonds is 6. The van der Waals surface area contributed by atoms with E-state index in [1.54, 1.807) is 7.11 Å². The van der Waals surface area contributed by atoms with Crippen molar-refractivity contribution in [1.29, 1.82) is 0 Å². The summed E-state index contributed by atoms with van der Waals surface area (Å²) in [5.74, 6) is 1.09. The van der Waals surface area contributed by atoms with Crippen LogP contribution in [0.25, 0.3) is 0 Å². The fourth-order valence-corrected chi connectivity index (χ4v) is 1.60. The maximum absolute atomic E-state index is 8.62. The van der Waals surface area contributed by atoms with Gasteiger partial charge in [0.15, 0.2) is 5.84 Å². The lowest BCUT2D eigenvalue weighted by Gasteiger charge is -2.23. The lowest BCUT2D eigenvalue weighted by Crippen LogP contribution is -2.41. The van der Waals surface area contributed by atoms with Crippen LogP contribution in [-0.2, 0) is 6.42 Å². The van der Waals surface area contributed by atoms with Crippen LogP contribution in [0.4, 0.5) is 0 Å². The van der Waals surface area contributed by atoms with E-state index in [2.05, 4.69) is 5.16 Å². The van der Waals surface area contributed by atoms with Crippen LogP contribution < -0.4 is 10.5 Å². The second kappa shape index (κ2) is 6.86. The van der Waals surface area contributed by atoms with Crippen molar-refractivity contribution in [2.75, 3.05) is 20.7 Å². The lowest BCUT2D eigenvalue weighted by molar-refractivity contribution is 0.286. The Kier molecular flexibility index (Phi) is 5.45. The number of hydrogen-bond acceptors (Lipinski definition) is 4. The Morgan fingerprint density at radius 2 is 2.06 bits per heavy atom. The SMILES string of the molecule is COc1ccc(CCN(C)C(C)C(N)=NO)cc1. The summed E-state index contributed by atoms with van der Waals surface area (Å²) in [6, 6.07) is 7.90. The third kappa shape index (κ3) is 3.92. The van der Waals surface area contributed by atoms with Gasteiger partial charge in [0.25, 0.3) is 0 Å². The van der Waals surface area contributed by atoms with Gasteiger partial charge in [-0.05, 0) is 38.1 Å². The maximum Gasteiger partial charge on any atom is 0.156 e. The molecule has 1 unspecified atom stereocenters. The van der Waals surface area contributed by atoms with Crippen LogP contribution in [-0.4, -0.2) is 42.7 Å². The quantitative estimate of drug-likeness (QED) is 0.346. The first-order valence-electron chi connectivity index (χ1n) is 5.89. The summed E-state index contributed by atoms with van der Waals surface area (Å²) in [7, 11) is 3.60. The summed E-state index contributed by atoms with van der Waals surface area (Å²) in [5, 5.41) is 11.6. The zero-order valence-electron chi connectivity index (χ0n) is 11.1. The monoisotopic (exact) mass is 251 g/mol. The number of hydrogen-bond donors (Lipinski definition) is 2. The van der Waals surface area contributed by atoms with Crippen molar-refractivity contribution in [2.45, 2.75) is 19.4 Å². The van der Waals surface area contributed by atoms with Gasteiger partial charge < -0.3 is 15.7 Å². The average Bonchev–Trinajstić information content (AvgIpc) is 2.43. The van der Waals surface area contributed by atoms with Crippen molar-refractivity contribution >= 4 is 5.84 Å². The predicted octanol–water partition coefficient (Wildman–Crippen LogP) is 1.30. The Morgan fingerprint density at radius 1 is 1.44 bits per heavy atom. The molecule has 100 valence electrons. The third-order valence-corrected chi connectivity index (χ3v) is 3.12. The molecule has 0 radical (unpaired) electrons. The minimum atomic E-state index is -0.0757. The lowest BCUT2D eigenvalue weighted by atomic mass is 10.1. The molecule has 0 spiro atoms. The van der Waals surface area contributed by atoms with Crippen LogP contribution in [0.5, 0.6) is 5.75 Å². The molecule has 0 aliphatic rings. The molecule has 1 atom stereocenters. The number of methoxy groups -OCH3 is 1. The molecule has 0 aromatic heterocycles. The highest BCUT2D eigenvalue weighted by Crippen LogP contribution is 2.12. The van der Waals surface area contributed by atoms with Gasteiger partial charge in [-0.2, -0.15) is 0 Å². The van der Waals surface area contributed by atoms with E-state index >= 15 is 0 Å². The minimum absolute atomic E-state index is 0.0757. The molecule has 5 heteroatoms. The molecular formula is C13H21N3O2. The average molecular weight is 251 g/mol. The summed E-state index contributed by atoms with van der Waals surface area (Å²) in [6.07, 6.45) is 0.906. The van der Waals surface area contributed by atoms with Gasteiger partial charge >= 0.3 is 0 Å². The van der Waals surface area contributed by atoms with Crippen molar-refractivity contribution in [1.82, 2.24) is 4.90 Å². The molecule has 0 aliphatic heterocycles. The van der Waals surface area contributed by atoms with Gasteiger partial charge in [-0.1, -0.05) is 17.3 Å². The number of likely N-dealkylation sites (N-methyl/N-ethyl adjacent to an activating group) is 1. The Hall–Kier alpha value is -1.75. The second-order valence-corrected chi connectivity index (χ2v) is 4.28. The number of ether oxygens (including phenoxy) is 1. The molecule has 3 N–H and O–H groups in total. The van der Waals surface area contributed by atoms with Gasteiger partial charge in [0, 0.05) is 6.54 Å². The van der Waals surface area contributed by atoms with Crippen molar-refractivity contribution in [3.8, 4) is 5.75 Å². The van der Waals surface area contributed by atoms with Gasteiger partial charge in [0.1, 0.15) is 5.75 Å². The maximum atomic E-state index is 8.62. The summed E-state index contributed by atoms with van der Waals surface area (Å²) in [5.41, 5.74) is 6.80. The van der Waals surface area contributed by atoms with Crippen LogP contribution in [0.15, 0.2) is 29.4 Å². The number of nitrogens with two attached hydrogens (primary N) is 1. The molecule has 0 saturated carbocycles. The number of benzene rings is 1. The molecule has 0 amide bonds. The highest BCUT2D eigenvalue weighted by Gasteiger charge is 2.13. The van der Waals surface area contributed by atoms with Crippen molar-refractivity contribution in [3.63, 3.8) is 0 Å². The minimum Gasteiger partial charge on any atom is -0.497 e. The number of amidine groups is 1. The summed E-state index contributed by atoms with van der Waals surface area (Å²) in [4.78, 5) is 2.04. The van der Waals surface area contributed by atoms with E-state index in [0.29, 0.717) is 0 Å². The van der Waals surface area contributed by atoms with Crippen LogP contribution in [0.2, 0.25) is 0 Å². The molecule has 0 fully saturated rings. The molecule has 5 nitrogen and oxygen atoms in total. The van der Waals surface area contributed by atoms with Crippen LogP contribution in [0.1, 0.15) is 12.5 Å². The predicted molar refractivity (Wildman–Crippen MR) is 72.2 cm³/mol. The largest absolute Gasteiger partial charge is 0.497 e. The van der Waals surface area contributed by atoms with Gasteiger partial charge in [-0.15, -0.1) is 0 Å². The molecule has 1 aromatic carbocycles. The summed E-state index contributed by atoms with van der Waals surface area (Å²) >= 11 is 0. The zero-order valence-corrected chi connectivity index (χ0v) is 11.1. The van der Waals surface area contributed by atoms with Crippen LogP contribution >= 0.6 is 0 Å². The molecular weight excluding hydrogens is 230 g/mol. The van der Waals surface area contributed by atoms with Crippen molar-refractivity contribution < 1.29 is 9.94 Å². The first-order chi connectivity index (χ1) is 8.58. The Bertz CT molecular complexity index is 390. The molecule has 0 saturated heterocycles. The Balaban J connectivity index is 2.49. The number of nitrogens with zero attached hydrogens (tertiary/aromatic N) is 2. The smallest absolute Gasteiger partial charge is 0.156 e. The fraction of sp³-hybridized carbons (Fsp3) is 0.462. The molecule has 1 aromatic rings. The Morgan fingerprint density at radius 3 is 2.56 bits per heavy atom. The molecule has 0 bridgehead atoms. The van der Waals surface area contributed by atoms with E-state index in [1.807, 2.05) is 43.1 Å². The molecule has 18 heavy (non-hydrogen) atoms. The standard InChI is InChI=1S/C13H21N3O2/c1-10(13(14)15-17)16(2)9-8-11-4-6-12(18-3)7-5-11/h4-7,10,17H,8-9H2,1-3H3,(H2,14,15). The van der Waals surface area contributed by atoms with E-state index in [-0.39, 0.29) is 11.9 Å². The van der Waals surface area contributed by atoms with E-state index in [4.69, 9.17) is 15.7 Å². The topological polar surface area (TPSA) is 71.1 Å². The van der Waals surface area contributed by atoms with Gasteiger partial charge in [0.05, 0.1) is 13.2 Å². The van der Waals surface area contributed by atoms with Gasteiger partial charge in [-0.25, -0.2) is 0 Å². The second-order valence-electron chi connectivity index (χ2n) is 4.28. The van der Waals surface area contributed by atoms with Crippen LogP contribution in [0, 0.1) is 0 Å². The van der Waals surface area contributed by atoms with Crippen molar-refractivity contribution in [3.05, 3.63) is 29.8 Å². The zero-order chi connectivity index (χ0) is 13.5. The van der Waals surface area contributed by atoms with Gasteiger partial charge in [-0.3, -0.25) is 4.90 Å². The van der Waals surface area contributed by atoms with E-state index in [9.17, 15) is 0 Å². The van der Waals surface area contributed by atoms with Crippen LogP contribution in [0.3, 0.4) is 0 Å². The van der Waals surface area contributed by atoms with Crippen molar-refractivity contribution in [2.24, 2.45) is 10.9 Å². The summed E-state index contributed by atoms with van der Waals surface area (Å²) in [6.45, 7) is 2.74. The first-order valence-corrected chi connectivity index (χ1v) is 5.89. The normalized spacial score (nSPS) is 13.7. The molecule has 1 rings (SSSR count).